The van der Waals surface area contributed by atoms with Crippen molar-refractivity contribution in [2.24, 2.45) is 13.0 Å². The van der Waals surface area contributed by atoms with Gasteiger partial charge in [-0.1, -0.05) is 0 Å². The maximum atomic E-state index is 12.9. The van der Waals surface area contributed by atoms with Crippen molar-refractivity contribution in [2.45, 2.75) is 24.8 Å². The Morgan fingerprint density at radius 2 is 2.03 bits per heavy atom. The summed E-state index contributed by atoms with van der Waals surface area (Å²) in [4.78, 5) is 35.7. The van der Waals surface area contributed by atoms with Gasteiger partial charge in [0, 0.05) is 44.5 Å². The number of imidazole rings is 1. The highest BCUT2D eigenvalue weighted by atomic mass is 16.2. The molecule has 0 radical (unpaired) electrons. The predicted octanol–water partition coefficient (Wildman–Crippen LogP) is 0.989. The summed E-state index contributed by atoms with van der Waals surface area (Å²) in [5, 5.41) is 10.2. The van der Waals surface area contributed by atoms with E-state index in [2.05, 4.69) is 25.7 Å². The lowest BCUT2D eigenvalue weighted by Crippen LogP contribution is -2.42. The van der Waals surface area contributed by atoms with Gasteiger partial charge in [0.1, 0.15) is 5.82 Å². The van der Waals surface area contributed by atoms with Crippen molar-refractivity contribution in [3.05, 3.63) is 42.9 Å². The van der Waals surface area contributed by atoms with Gasteiger partial charge in [0.05, 0.1) is 36.2 Å². The first kappa shape index (κ1) is 17.7. The largest absolute Gasteiger partial charge is 0.351 e. The number of nitrogens with one attached hydrogen (secondary N) is 2. The molecule has 2 atom stereocenters. The van der Waals surface area contributed by atoms with Crippen molar-refractivity contribution in [3.8, 4) is 0 Å². The van der Waals surface area contributed by atoms with Crippen molar-refractivity contribution in [2.75, 3.05) is 18.4 Å². The second kappa shape index (κ2) is 6.87. The lowest BCUT2D eigenvalue weighted by molar-refractivity contribution is -0.123. The molecule has 1 aliphatic heterocycles. The molecule has 0 spiro atoms. The molecule has 5 rings (SSSR count). The fourth-order valence-corrected chi connectivity index (χ4v) is 3.83. The summed E-state index contributed by atoms with van der Waals surface area (Å²) in [6.07, 6.45) is 10.5. The summed E-state index contributed by atoms with van der Waals surface area (Å²) in [7, 11) is 1.93. The molecular formula is C19H22N8O2. The summed E-state index contributed by atoms with van der Waals surface area (Å²) >= 11 is 0. The van der Waals surface area contributed by atoms with E-state index in [9.17, 15) is 9.59 Å². The van der Waals surface area contributed by atoms with E-state index < -0.39 is 0 Å². The number of hydrogen-bond donors (Lipinski definition) is 2. The van der Waals surface area contributed by atoms with Crippen LogP contribution in [0.3, 0.4) is 0 Å². The molecule has 2 N–H and O–H groups in total. The van der Waals surface area contributed by atoms with Gasteiger partial charge in [0.25, 0.3) is 0 Å². The van der Waals surface area contributed by atoms with Crippen molar-refractivity contribution in [3.63, 3.8) is 0 Å². The summed E-state index contributed by atoms with van der Waals surface area (Å²) < 4.78 is 3.55. The quantitative estimate of drug-likeness (QED) is 0.686. The highest BCUT2D eigenvalue weighted by molar-refractivity contribution is 5.89. The van der Waals surface area contributed by atoms with Crippen LogP contribution in [0.5, 0.6) is 0 Å². The number of aryl methyl sites for hydroxylation is 1. The third kappa shape index (κ3) is 3.41. The van der Waals surface area contributed by atoms with Crippen LogP contribution < -0.4 is 10.6 Å². The Morgan fingerprint density at radius 3 is 2.79 bits per heavy atom. The Labute approximate surface area is 166 Å². The van der Waals surface area contributed by atoms with E-state index in [4.69, 9.17) is 0 Å². The summed E-state index contributed by atoms with van der Waals surface area (Å²) in [5.74, 6) is 0.993. The van der Waals surface area contributed by atoms with E-state index in [1.54, 1.807) is 40.3 Å². The van der Waals surface area contributed by atoms with Gasteiger partial charge in [0.2, 0.25) is 5.91 Å². The molecular weight excluding hydrogens is 372 g/mol. The van der Waals surface area contributed by atoms with E-state index in [1.807, 2.05) is 17.8 Å². The number of carbonyl (C=O) groups excluding carboxylic acids is 2. The molecule has 0 bridgehead atoms. The van der Waals surface area contributed by atoms with Gasteiger partial charge in [-0.3, -0.25) is 4.79 Å². The molecule has 10 heteroatoms. The van der Waals surface area contributed by atoms with Crippen molar-refractivity contribution in [1.82, 2.24) is 34.4 Å². The van der Waals surface area contributed by atoms with Gasteiger partial charge >= 0.3 is 6.03 Å². The van der Waals surface area contributed by atoms with Gasteiger partial charge < -0.3 is 20.1 Å². The highest BCUT2D eigenvalue weighted by Crippen LogP contribution is 2.31. The molecule has 3 amide bonds. The van der Waals surface area contributed by atoms with Crippen LogP contribution in [0.1, 0.15) is 24.6 Å². The normalized spacial score (nSPS) is 21.5. The van der Waals surface area contributed by atoms with Gasteiger partial charge in [-0.05, 0) is 12.8 Å². The average Bonchev–Trinajstić information content (AvgIpc) is 3.10. The summed E-state index contributed by atoms with van der Waals surface area (Å²) in [5.41, 5.74) is 1.27. The summed E-state index contributed by atoms with van der Waals surface area (Å²) in [6.45, 7) is 0.906. The number of carbonyl (C=O) groups is 2. The van der Waals surface area contributed by atoms with E-state index in [0.717, 1.165) is 18.7 Å². The number of urea groups is 1. The van der Waals surface area contributed by atoms with Gasteiger partial charge in [-0.2, -0.15) is 5.10 Å². The Kier molecular flexibility index (Phi) is 4.18. The smallest absolute Gasteiger partial charge is 0.322 e. The van der Waals surface area contributed by atoms with E-state index in [1.165, 1.54) is 0 Å². The first-order valence-corrected chi connectivity index (χ1v) is 9.71. The molecule has 2 aliphatic rings. The standard InChI is InChI=1S/C19H22N8O2/c1-25-7-6-20-17(25)14-10-26(11-15(14)24-18(28)12-2-3-12)19(29)23-13-8-21-16-4-5-22-27(16)9-13/h4-9,12,14-15H,2-3,10-11H2,1H3,(H,23,29)(H,24,28)/t14-,15-/m1/s1. The number of amides is 3. The number of aromatic nitrogens is 5. The van der Waals surface area contributed by atoms with Gasteiger partial charge in [0.15, 0.2) is 5.65 Å². The molecule has 0 aromatic carbocycles. The van der Waals surface area contributed by atoms with Crippen LogP contribution in [0, 0.1) is 5.92 Å². The molecule has 1 saturated carbocycles. The first-order valence-electron chi connectivity index (χ1n) is 9.71. The van der Waals surface area contributed by atoms with Crippen LogP contribution in [-0.4, -0.2) is 60.1 Å². The molecule has 2 fully saturated rings. The fraction of sp³-hybridized carbons (Fsp3) is 0.421. The lowest BCUT2D eigenvalue weighted by atomic mass is 10.0. The van der Waals surface area contributed by atoms with Crippen molar-refractivity contribution >= 4 is 23.3 Å². The molecule has 29 heavy (non-hydrogen) atoms. The number of likely N-dealkylation sites (tertiary alicyclic amines) is 1. The predicted molar refractivity (Wildman–Crippen MR) is 104 cm³/mol. The van der Waals surface area contributed by atoms with Crippen LogP contribution in [0.4, 0.5) is 10.5 Å². The van der Waals surface area contributed by atoms with E-state index >= 15 is 0 Å². The molecule has 4 heterocycles. The molecule has 0 unspecified atom stereocenters. The minimum Gasteiger partial charge on any atom is -0.351 e. The lowest BCUT2D eigenvalue weighted by Gasteiger charge is -2.19. The Hall–Kier alpha value is -3.43. The van der Waals surface area contributed by atoms with Crippen LogP contribution in [-0.2, 0) is 11.8 Å². The molecule has 1 saturated heterocycles. The number of rotatable bonds is 4. The van der Waals surface area contributed by atoms with Crippen molar-refractivity contribution in [1.29, 1.82) is 0 Å². The second-order valence-electron chi connectivity index (χ2n) is 7.70. The van der Waals surface area contributed by atoms with Crippen LogP contribution in [0.2, 0.25) is 0 Å². The zero-order chi connectivity index (χ0) is 20.0. The number of anilines is 1. The second-order valence-corrected chi connectivity index (χ2v) is 7.70. The maximum absolute atomic E-state index is 12.9. The van der Waals surface area contributed by atoms with E-state index in [0.29, 0.717) is 24.4 Å². The van der Waals surface area contributed by atoms with Crippen molar-refractivity contribution < 1.29 is 9.59 Å². The topological polar surface area (TPSA) is 109 Å². The minimum absolute atomic E-state index is 0.0600. The molecule has 10 nitrogen and oxygen atoms in total. The van der Waals surface area contributed by atoms with Gasteiger partial charge in [-0.25, -0.2) is 19.3 Å². The average molecular weight is 394 g/mol. The number of nitrogens with zero attached hydrogens (tertiary/aromatic N) is 6. The van der Waals surface area contributed by atoms with Crippen LogP contribution in [0.15, 0.2) is 37.1 Å². The SMILES string of the molecule is Cn1ccnc1[C@@H]1CN(C(=O)Nc2cnc3ccnn3c2)C[C@H]1NC(=O)C1CC1. The highest BCUT2D eigenvalue weighted by Gasteiger charge is 2.41. The first-order chi connectivity index (χ1) is 14.1. The zero-order valence-electron chi connectivity index (χ0n) is 16.0. The number of hydrogen-bond acceptors (Lipinski definition) is 5. The zero-order valence-corrected chi connectivity index (χ0v) is 16.0. The number of fused-ring (bicyclic) bond motifs is 1. The maximum Gasteiger partial charge on any atom is 0.322 e. The molecule has 3 aromatic rings. The molecule has 150 valence electrons. The monoisotopic (exact) mass is 394 g/mol. The Balaban J connectivity index is 1.33. The van der Waals surface area contributed by atoms with Crippen LogP contribution in [0.25, 0.3) is 5.65 Å². The van der Waals surface area contributed by atoms with Gasteiger partial charge in [-0.15, -0.1) is 0 Å². The third-order valence-corrected chi connectivity index (χ3v) is 5.57. The molecule has 3 aromatic heterocycles. The third-order valence-electron chi connectivity index (χ3n) is 5.57. The fourth-order valence-electron chi connectivity index (χ4n) is 3.83. The Morgan fingerprint density at radius 1 is 1.17 bits per heavy atom. The van der Waals surface area contributed by atoms with Crippen LogP contribution >= 0.6 is 0 Å². The summed E-state index contributed by atoms with van der Waals surface area (Å²) in [6, 6.07) is 1.39. The Bertz CT molecular complexity index is 1070. The minimum atomic E-state index is -0.235. The van der Waals surface area contributed by atoms with E-state index in [-0.39, 0.29) is 29.8 Å². The molecule has 1 aliphatic carbocycles.